The molecule has 0 unspecified atom stereocenters. The Labute approximate surface area is 133 Å². The summed E-state index contributed by atoms with van der Waals surface area (Å²) in [6.07, 6.45) is 1.54. The number of H-pyrrole nitrogens is 1. The highest BCUT2D eigenvalue weighted by Crippen LogP contribution is 2.20. The Kier molecular flexibility index (Phi) is 3.89. The second-order valence-electron chi connectivity index (χ2n) is 5.10. The van der Waals surface area contributed by atoms with Crippen LogP contribution in [-0.2, 0) is 0 Å². The number of benzene rings is 2. The lowest BCUT2D eigenvalue weighted by molar-refractivity contribution is 0.0950. The SMILES string of the molecule is Cc1c(C(=O)N/N=C/c2ccc(C#N)cc2)[nH]c2ccccc12. The summed E-state index contributed by atoms with van der Waals surface area (Å²) < 4.78 is 0. The third kappa shape index (κ3) is 2.97. The predicted molar refractivity (Wildman–Crippen MR) is 89.3 cm³/mol. The third-order valence-electron chi connectivity index (χ3n) is 3.61. The van der Waals surface area contributed by atoms with Crippen molar-refractivity contribution in [2.24, 2.45) is 5.10 Å². The molecular formula is C18H14N4O. The van der Waals surface area contributed by atoms with Crippen LogP contribution in [0.25, 0.3) is 10.9 Å². The highest BCUT2D eigenvalue weighted by molar-refractivity contribution is 6.01. The summed E-state index contributed by atoms with van der Waals surface area (Å²) in [5.74, 6) is -0.288. The van der Waals surface area contributed by atoms with Crippen LogP contribution in [0.4, 0.5) is 0 Å². The Morgan fingerprint density at radius 2 is 1.96 bits per heavy atom. The molecule has 0 bridgehead atoms. The predicted octanol–water partition coefficient (Wildman–Crippen LogP) is 3.11. The number of hydrazone groups is 1. The molecule has 23 heavy (non-hydrogen) atoms. The summed E-state index contributed by atoms with van der Waals surface area (Å²) in [6, 6.07) is 16.7. The maximum Gasteiger partial charge on any atom is 0.288 e. The lowest BCUT2D eigenvalue weighted by Gasteiger charge is -1.99. The van der Waals surface area contributed by atoms with E-state index < -0.39 is 0 Å². The topological polar surface area (TPSA) is 81.0 Å². The highest BCUT2D eigenvalue weighted by Gasteiger charge is 2.13. The van der Waals surface area contributed by atoms with Crippen molar-refractivity contribution < 1.29 is 4.79 Å². The van der Waals surface area contributed by atoms with Crippen molar-refractivity contribution in [1.29, 1.82) is 5.26 Å². The zero-order valence-electron chi connectivity index (χ0n) is 12.5. The van der Waals surface area contributed by atoms with Gasteiger partial charge in [0.1, 0.15) is 5.69 Å². The van der Waals surface area contributed by atoms with E-state index in [0.29, 0.717) is 11.3 Å². The molecule has 112 valence electrons. The average molecular weight is 302 g/mol. The Balaban J connectivity index is 1.74. The van der Waals surface area contributed by atoms with E-state index in [1.807, 2.05) is 31.2 Å². The molecule has 5 nitrogen and oxygen atoms in total. The van der Waals surface area contributed by atoms with Gasteiger partial charge in [0.2, 0.25) is 0 Å². The number of carbonyl (C=O) groups excluding carboxylic acids is 1. The van der Waals surface area contributed by atoms with Crippen LogP contribution in [0.1, 0.15) is 27.2 Å². The zero-order valence-corrected chi connectivity index (χ0v) is 12.5. The van der Waals surface area contributed by atoms with Crippen LogP contribution in [-0.4, -0.2) is 17.1 Å². The molecular weight excluding hydrogens is 288 g/mol. The minimum absolute atomic E-state index is 0.288. The number of nitriles is 1. The molecule has 5 heteroatoms. The van der Waals surface area contributed by atoms with Crippen molar-refractivity contribution in [3.8, 4) is 6.07 Å². The van der Waals surface area contributed by atoms with E-state index in [1.54, 1.807) is 24.3 Å². The maximum atomic E-state index is 12.2. The molecule has 1 heterocycles. The van der Waals surface area contributed by atoms with E-state index in [4.69, 9.17) is 5.26 Å². The number of aromatic amines is 1. The van der Waals surface area contributed by atoms with Crippen LogP contribution in [0, 0.1) is 18.3 Å². The van der Waals surface area contributed by atoms with E-state index in [9.17, 15) is 4.79 Å². The Bertz CT molecular complexity index is 930. The molecule has 0 spiro atoms. The van der Waals surface area contributed by atoms with Crippen LogP contribution < -0.4 is 5.43 Å². The average Bonchev–Trinajstić information content (AvgIpc) is 2.93. The number of aryl methyl sites for hydroxylation is 1. The summed E-state index contributed by atoms with van der Waals surface area (Å²) in [4.78, 5) is 15.3. The number of nitrogens with one attached hydrogen (secondary N) is 2. The first kappa shape index (κ1) is 14.5. The van der Waals surface area contributed by atoms with Crippen LogP contribution >= 0.6 is 0 Å². The largest absolute Gasteiger partial charge is 0.350 e. The van der Waals surface area contributed by atoms with E-state index in [0.717, 1.165) is 22.0 Å². The molecule has 3 rings (SSSR count). The summed E-state index contributed by atoms with van der Waals surface area (Å²) in [5, 5.41) is 13.7. The number of amides is 1. The second kappa shape index (κ2) is 6.16. The Morgan fingerprint density at radius 3 is 2.65 bits per heavy atom. The van der Waals surface area contributed by atoms with E-state index in [-0.39, 0.29) is 5.91 Å². The fraction of sp³-hybridized carbons (Fsp3) is 0.0556. The summed E-state index contributed by atoms with van der Waals surface area (Å²) in [5.41, 5.74) is 6.22. The van der Waals surface area contributed by atoms with Crippen molar-refractivity contribution in [2.75, 3.05) is 0 Å². The van der Waals surface area contributed by atoms with Gasteiger partial charge < -0.3 is 4.98 Å². The summed E-state index contributed by atoms with van der Waals surface area (Å²) in [7, 11) is 0. The van der Waals surface area contributed by atoms with Gasteiger partial charge in [-0.3, -0.25) is 4.79 Å². The van der Waals surface area contributed by atoms with E-state index in [2.05, 4.69) is 21.6 Å². The van der Waals surface area contributed by atoms with E-state index in [1.165, 1.54) is 6.21 Å². The van der Waals surface area contributed by atoms with Gasteiger partial charge in [0.05, 0.1) is 17.8 Å². The van der Waals surface area contributed by atoms with Crippen LogP contribution in [0.2, 0.25) is 0 Å². The van der Waals surface area contributed by atoms with Gasteiger partial charge in [-0.2, -0.15) is 10.4 Å². The van der Waals surface area contributed by atoms with Crippen molar-refractivity contribution in [3.63, 3.8) is 0 Å². The molecule has 0 aliphatic carbocycles. The highest BCUT2D eigenvalue weighted by atomic mass is 16.2. The number of carbonyl (C=O) groups is 1. The number of hydrogen-bond donors (Lipinski definition) is 2. The fourth-order valence-corrected chi connectivity index (χ4v) is 2.37. The van der Waals surface area contributed by atoms with Gasteiger partial charge in [0.25, 0.3) is 5.91 Å². The summed E-state index contributed by atoms with van der Waals surface area (Å²) >= 11 is 0. The molecule has 1 aromatic heterocycles. The maximum absolute atomic E-state index is 12.2. The van der Waals surface area contributed by atoms with E-state index >= 15 is 0 Å². The van der Waals surface area contributed by atoms with Gasteiger partial charge in [-0.1, -0.05) is 30.3 Å². The molecule has 1 amide bonds. The Hall–Kier alpha value is -3.39. The van der Waals surface area contributed by atoms with Gasteiger partial charge >= 0.3 is 0 Å². The molecule has 0 aliphatic rings. The smallest absolute Gasteiger partial charge is 0.288 e. The van der Waals surface area contributed by atoms with Crippen molar-refractivity contribution in [3.05, 3.63) is 70.9 Å². The first-order valence-electron chi connectivity index (χ1n) is 7.10. The number of hydrogen-bond acceptors (Lipinski definition) is 3. The molecule has 3 aromatic rings. The fourth-order valence-electron chi connectivity index (χ4n) is 2.37. The number of fused-ring (bicyclic) bond motifs is 1. The summed E-state index contributed by atoms with van der Waals surface area (Å²) in [6.45, 7) is 1.90. The number of para-hydroxylation sites is 1. The molecule has 2 aromatic carbocycles. The number of aromatic nitrogens is 1. The minimum Gasteiger partial charge on any atom is -0.350 e. The number of rotatable bonds is 3. The zero-order chi connectivity index (χ0) is 16.2. The van der Waals surface area contributed by atoms with Crippen molar-refractivity contribution in [2.45, 2.75) is 6.92 Å². The number of nitrogens with zero attached hydrogens (tertiary/aromatic N) is 2. The molecule has 0 fully saturated rings. The van der Waals surface area contributed by atoms with Gasteiger partial charge in [0, 0.05) is 10.9 Å². The molecule has 0 saturated heterocycles. The Morgan fingerprint density at radius 1 is 1.22 bits per heavy atom. The lowest BCUT2D eigenvalue weighted by Crippen LogP contribution is -2.18. The van der Waals surface area contributed by atoms with Gasteiger partial charge in [-0.05, 0) is 36.2 Å². The molecule has 2 N–H and O–H groups in total. The molecule has 0 radical (unpaired) electrons. The van der Waals surface area contributed by atoms with Crippen LogP contribution in [0.5, 0.6) is 0 Å². The first-order valence-corrected chi connectivity index (χ1v) is 7.10. The van der Waals surface area contributed by atoms with Gasteiger partial charge in [-0.15, -0.1) is 0 Å². The molecule has 0 saturated carbocycles. The van der Waals surface area contributed by atoms with Crippen LogP contribution in [0.15, 0.2) is 53.6 Å². The van der Waals surface area contributed by atoms with Crippen molar-refractivity contribution in [1.82, 2.24) is 10.4 Å². The molecule has 0 aliphatic heterocycles. The first-order chi connectivity index (χ1) is 11.2. The third-order valence-corrected chi connectivity index (χ3v) is 3.61. The normalized spacial score (nSPS) is 10.8. The quantitative estimate of drug-likeness (QED) is 0.575. The van der Waals surface area contributed by atoms with Gasteiger partial charge in [0.15, 0.2) is 0 Å². The van der Waals surface area contributed by atoms with Crippen molar-refractivity contribution >= 4 is 23.0 Å². The molecule has 0 atom stereocenters. The minimum atomic E-state index is -0.288. The van der Waals surface area contributed by atoms with Crippen LogP contribution in [0.3, 0.4) is 0 Å². The second-order valence-corrected chi connectivity index (χ2v) is 5.10. The standard InChI is InChI=1S/C18H14N4O/c1-12-15-4-2-3-5-16(15)21-17(12)18(23)22-20-11-14-8-6-13(10-19)7-9-14/h2-9,11,21H,1H3,(H,22,23)/b20-11+. The monoisotopic (exact) mass is 302 g/mol. The lowest BCUT2D eigenvalue weighted by atomic mass is 10.1. The van der Waals surface area contributed by atoms with Gasteiger partial charge in [-0.25, -0.2) is 5.43 Å².